The van der Waals surface area contributed by atoms with Crippen LogP contribution in [-0.2, 0) is 0 Å². The normalized spacial score (nSPS) is 16.7. The molecule has 0 aliphatic carbocycles. The number of pyridine rings is 2. The van der Waals surface area contributed by atoms with E-state index in [1.807, 2.05) is 13.0 Å². The maximum Gasteiger partial charge on any atom is 0.333 e. The van der Waals surface area contributed by atoms with Crippen LogP contribution in [-0.4, -0.2) is 42.2 Å². The molecule has 0 fully saturated rings. The number of hydrogen-bond acceptors (Lipinski definition) is 6. The van der Waals surface area contributed by atoms with Crippen molar-refractivity contribution in [2.75, 3.05) is 6.61 Å². The van der Waals surface area contributed by atoms with E-state index in [4.69, 9.17) is 9.47 Å². The molecule has 28 heavy (non-hydrogen) atoms. The standard InChI is InChI=1S/C19H18N6O3/c1-11-3-2-10-27-13-6-7-20-17-15(13)25(19(26)24-17)14-5-4-12(18(23-14)28-11)16-21-8-9-22-16/h4-9,11H,2-3,10H2,1H3,(H,21,22)(H,20,24,26)/t11-/m0/s1. The monoisotopic (exact) mass is 378 g/mol. The Bertz CT molecular complexity index is 1190. The molecule has 9 nitrogen and oxygen atoms in total. The molecule has 0 saturated carbocycles. The summed E-state index contributed by atoms with van der Waals surface area (Å²) in [6, 6.07) is 5.36. The first-order valence-electron chi connectivity index (χ1n) is 9.11. The number of aromatic nitrogens is 6. The van der Waals surface area contributed by atoms with Gasteiger partial charge in [0, 0.05) is 24.7 Å². The molecule has 9 heteroatoms. The molecule has 4 aromatic heterocycles. The highest BCUT2D eigenvalue weighted by molar-refractivity contribution is 5.80. The molecule has 142 valence electrons. The van der Waals surface area contributed by atoms with Gasteiger partial charge in [0.2, 0.25) is 5.88 Å². The van der Waals surface area contributed by atoms with Gasteiger partial charge in [-0.05, 0) is 31.9 Å². The Morgan fingerprint density at radius 2 is 2.14 bits per heavy atom. The predicted molar refractivity (Wildman–Crippen MR) is 102 cm³/mol. The van der Waals surface area contributed by atoms with Crippen molar-refractivity contribution >= 4 is 11.2 Å². The quantitative estimate of drug-likeness (QED) is 0.526. The number of rotatable bonds is 1. The number of nitrogens with zero attached hydrogens (tertiary/aromatic N) is 4. The van der Waals surface area contributed by atoms with Crippen LogP contribution in [0.5, 0.6) is 11.6 Å². The van der Waals surface area contributed by atoms with E-state index in [1.165, 1.54) is 4.57 Å². The van der Waals surface area contributed by atoms with E-state index in [1.54, 1.807) is 30.7 Å². The topological polar surface area (TPSA) is 111 Å². The van der Waals surface area contributed by atoms with E-state index in [2.05, 4.69) is 24.9 Å². The Morgan fingerprint density at radius 1 is 1.21 bits per heavy atom. The fourth-order valence-electron chi connectivity index (χ4n) is 3.38. The van der Waals surface area contributed by atoms with Crippen LogP contribution in [0.1, 0.15) is 19.8 Å². The molecule has 0 saturated heterocycles. The van der Waals surface area contributed by atoms with Crippen LogP contribution in [0.2, 0.25) is 0 Å². The summed E-state index contributed by atoms with van der Waals surface area (Å²) < 4.78 is 13.5. The van der Waals surface area contributed by atoms with Crippen LogP contribution >= 0.6 is 0 Å². The van der Waals surface area contributed by atoms with E-state index in [0.29, 0.717) is 41.0 Å². The molecule has 1 atom stereocenters. The van der Waals surface area contributed by atoms with Gasteiger partial charge < -0.3 is 14.5 Å². The second-order valence-corrected chi connectivity index (χ2v) is 6.65. The minimum Gasteiger partial charge on any atom is -0.491 e. The van der Waals surface area contributed by atoms with Crippen molar-refractivity contribution in [3.8, 4) is 28.8 Å². The Hall–Kier alpha value is -3.62. The number of fused-ring (bicyclic) bond motifs is 3. The molecule has 0 radical (unpaired) electrons. The lowest BCUT2D eigenvalue weighted by molar-refractivity contribution is 0.187. The summed E-state index contributed by atoms with van der Waals surface area (Å²) >= 11 is 0. The van der Waals surface area contributed by atoms with Gasteiger partial charge in [-0.1, -0.05) is 0 Å². The van der Waals surface area contributed by atoms with Crippen molar-refractivity contribution in [3.63, 3.8) is 0 Å². The average Bonchev–Trinajstić information content (AvgIpc) is 3.32. The van der Waals surface area contributed by atoms with Gasteiger partial charge in [0.1, 0.15) is 22.9 Å². The van der Waals surface area contributed by atoms with E-state index < -0.39 is 0 Å². The molecule has 5 heterocycles. The molecule has 5 rings (SSSR count). The summed E-state index contributed by atoms with van der Waals surface area (Å²) in [5.41, 5.74) is 1.41. The zero-order valence-corrected chi connectivity index (χ0v) is 15.2. The number of H-pyrrole nitrogens is 2. The Balaban J connectivity index is 1.77. The third kappa shape index (κ3) is 2.72. The van der Waals surface area contributed by atoms with Crippen molar-refractivity contribution in [1.29, 1.82) is 0 Å². The van der Waals surface area contributed by atoms with Crippen LogP contribution in [0.25, 0.3) is 28.4 Å². The summed E-state index contributed by atoms with van der Waals surface area (Å²) in [6.45, 7) is 2.50. The second-order valence-electron chi connectivity index (χ2n) is 6.65. The van der Waals surface area contributed by atoms with Crippen molar-refractivity contribution < 1.29 is 9.47 Å². The van der Waals surface area contributed by atoms with Gasteiger partial charge in [0.15, 0.2) is 5.65 Å². The van der Waals surface area contributed by atoms with E-state index in [0.717, 1.165) is 18.4 Å². The summed E-state index contributed by atoms with van der Waals surface area (Å²) in [4.78, 5) is 31.7. The van der Waals surface area contributed by atoms with Gasteiger partial charge in [-0.15, -0.1) is 0 Å². The van der Waals surface area contributed by atoms with Gasteiger partial charge in [0.25, 0.3) is 0 Å². The third-order valence-corrected chi connectivity index (χ3v) is 4.69. The lowest BCUT2D eigenvalue weighted by Gasteiger charge is -2.18. The third-order valence-electron chi connectivity index (χ3n) is 4.69. The van der Waals surface area contributed by atoms with Gasteiger partial charge >= 0.3 is 5.69 Å². The fraction of sp³-hybridized carbons (Fsp3) is 0.263. The molecule has 0 spiro atoms. The number of hydrogen-bond donors (Lipinski definition) is 2. The zero-order chi connectivity index (χ0) is 19.1. The van der Waals surface area contributed by atoms with Crippen molar-refractivity contribution in [2.24, 2.45) is 0 Å². The molecule has 4 aromatic rings. The van der Waals surface area contributed by atoms with Gasteiger partial charge in [-0.25, -0.2) is 19.3 Å². The molecule has 0 unspecified atom stereocenters. The first kappa shape index (κ1) is 16.5. The number of nitrogens with one attached hydrogen (secondary N) is 2. The largest absolute Gasteiger partial charge is 0.491 e. The van der Waals surface area contributed by atoms with Crippen molar-refractivity contribution in [1.82, 2.24) is 29.5 Å². The Labute approximate surface area is 159 Å². The minimum atomic E-state index is -0.340. The lowest BCUT2D eigenvalue weighted by atomic mass is 10.2. The van der Waals surface area contributed by atoms with Crippen LogP contribution in [0.4, 0.5) is 0 Å². The van der Waals surface area contributed by atoms with Crippen molar-refractivity contribution in [2.45, 2.75) is 25.9 Å². The van der Waals surface area contributed by atoms with Crippen LogP contribution < -0.4 is 15.2 Å². The SMILES string of the molecule is C[C@H]1CCCOc2ccnc3[nH]c(=O)n(c23)-c2ccc(-c3ncc[nH]3)c(n2)O1. The molecule has 1 aliphatic heterocycles. The lowest BCUT2D eigenvalue weighted by Crippen LogP contribution is -2.19. The van der Waals surface area contributed by atoms with Crippen LogP contribution in [0.3, 0.4) is 0 Å². The number of ether oxygens (including phenoxy) is 2. The van der Waals surface area contributed by atoms with Crippen LogP contribution in [0.15, 0.2) is 41.6 Å². The second kappa shape index (κ2) is 6.52. The minimum absolute atomic E-state index is 0.0700. The molecule has 0 amide bonds. The highest BCUT2D eigenvalue weighted by Crippen LogP contribution is 2.30. The van der Waals surface area contributed by atoms with E-state index in [-0.39, 0.29) is 11.8 Å². The number of aromatic amines is 2. The smallest absolute Gasteiger partial charge is 0.333 e. The van der Waals surface area contributed by atoms with Gasteiger partial charge in [0.05, 0.1) is 18.3 Å². The highest BCUT2D eigenvalue weighted by atomic mass is 16.5. The molecular weight excluding hydrogens is 360 g/mol. The summed E-state index contributed by atoms with van der Waals surface area (Å²) in [5.74, 6) is 2.10. The Morgan fingerprint density at radius 3 is 3.00 bits per heavy atom. The molecule has 2 bridgehead atoms. The van der Waals surface area contributed by atoms with E-state index in [9.17, 15) is 4.79 Å². The fourth-order valence-corrected chi connectivity index (χ4v) is 3.38. The molecular formula is C19H18N6O3. The summed E-state index contributed by atoms with van der Waals surface area (Å²) in [7, 11) is 0. The highest BCUT2D eigenvalue weighted by Gasteiger charge is 2.20. The number of imidazole rings is 2. The maximum absolute atomic E-state index is 12.7. The predicted octanol–water partition coefficient (Wildman–Crippen LogP) is 2.44. The van der Waals surface area contributed by atoms with Crippen LogP contribution in [0, 0.1) is 0 Å². The van der Waals surface area contributed by atoms with Gasteiger partial charge in [-0.2, -0.15) is 4.98 Å². The Kier molecular flexibility index (Phi) is 3.85. The summed E-state index contributed by atoms with van der Waals surface area (Å²) in [5, 5.41) is 0. The maximum atomic E-state index is 12.7. The van der Waals surface area contributed by atoms with Crippen molar-refractivity contribution in [3.05, 3.63) is 47.3 Å². The average molecular weight is 378 g/mol. The summed E-state index contributed by atoms with van der Waals surface area (Å²) in [6.07, 6.45) is 6.57. The zero-order valence-electron chi connectivity index (χ0n) is 15.2. The first-order chi connectivity index (χ1) is 13.7. The van der Waals surface area contributed by atoms with E-state index >= 15 is 0 Å². The molecule has 2 N–H and O–H groups in total. The first-order valence-corrected chi connectivity index (χ1v) is 9.11. The molecule has 0 aromatic carbocycles. The van der Waals surface area contributed by atoms with Gasteiger partial charge in [-0.3, -0.25) is 4.98 Å². The molecule has 1 aliphatic rings.